The summed E-state index contributed by atoms with van der Waals surface area (Å²) in [7, 11) is 0. The van der Waals surface area contributed by atoms with E-state index in [1.54, 1.807) is 0 Å². The molecule has 1 atom stereocenters. The maximum Gasteiger partial charge on any atom is 0.155 e. The van der Waals surface area contributed by atoms with Gasteiger partial charge < -0.3 is 0 Å². The van der Waals surface area contributed by atoms with Crippen molar-refractivity contribution in [3.63, 3.8) is 0 Å². The van der Waals surface area contributed by atoms with Gasteiger partial charge >= 0.3 is 0 Å². The molecule has 2 rings (SSSR count). The molecule has 0 radical (unpaired) electrons. The quantitative estimate of drug-likeness (QED) is 0.734. The minimum absolute atomic E-state index is 0.0182. The molecule has 0 bridgehead atoms. The summed E-state index contributed by atoms with van der Waals surface area (Å²) < 4.78 is 1.93. The molecule has 2 aromatic heterocycles. The number of alkyl halides is 1. The third kappa shape index (κ3) is 2.16. The SMILES string of the molecule is CC(Cl)/C=C/c1c(Cl)nc2ccccn12. The van der Waals surface area contributed by atoms with Gasteiger partial charge in [-0.05, 0) is 25.1 Å². The summed E-state index contributed by atoms with van der Waals surface area (Å²) in [6.45, 7) is 1.90. The highest BCUT2D eigenvalue weighted by molar-refractivity contribution is 6.31. The van der Waals surface area contributed by atoms with Gasteiger partial charge in [0, 0.05) is 11.6 Å². The normalized spacial score (nSPS) is 13.8. The first-order valence-electron chi connectivity index (χ1n) is 4.63. The molecule has 0 fully saturated rings. The summed E-state index contributed by atoms with van der Waals surface area (Å²) in [6.07, 6.45) is 5.69. The van der Waals surface area contributed by atoms with E-state index in [2.05, 4.69) is 4.98 Å². The number of hydrogen-bond donors (Lipinski definition) is 0. The molecular weight excluding hydrogens is 231 g/mol. The maximum atomic E-state index is 6.02. The van der Waals surface area contributed by atoms with Gasteiger partial charge in [-0.15, -0.1) is 11.6 Å². The molecule has 1 unspecified atom stereocenters. The lowest BCUT2D eigenvalue weighted by Gasteiger charge is -1.96. The number of imidazole rings is 1. The summed E-state index contributed by atoms with van der Waals surface area (Å²) in [4.78, 5) is 4.23. The summed E-state index contributed by atoms with van der Waals surface area (Å²) in [5.74, 6) is 0. The van der Waals surface area contributed by atoms with Crippen LogP contribution in [0.15, 0.2) is 30.5 Å². The van der Waals surface area contributed by atoms with Crippen molar-refractivity contribution < 1.29 is 0 Å². The maximum absolute atomic E-state index is 6.02. The van der Waals surface area contributed by atoms with Gasteiger partial charge in [0.25, 0.3) is 0 Å². The first-order chi connectivity index (χ1) is 7.18. The number of hydrogen-bond acceptors (Lipinski definition) is 1. The minimum Gasteiger partial charge on any atom is -0.299 e. The van der Waals surface area contributed by atoms with Crippen molar-refractivity contribution in [2.75, 3.05) is 0 Å². The van der Waals surface area contributed by atoms with Crippen LogP contribution in [0.5, 0.6) is 0 Å². The van der Waals surface area contributed by atoms with Crippen molar-refractivity contribution in [3.05, 3.63) is 41.3 Å². The Bertz CT molecular complexity index is 500. The summed E-state index contributed by atoms with van der Waals surface area (Å²) >= 11 is 11.9. The molecule has 0 aliphatic heterocycles. The molecule has 15 heavy (non-hydrogen) atoms. The molecule has 2 heterocycles. The lowest BCUT2D eigenvalue weighted by molar-refractivity contribution is 1.16. The van der Waals surface area contributed by atoms with Crippen LogP contribution in [0.3, 0.4) is 0 Å². The predicted molar refractivity (Wildman–Crippen MR) is 64.6 cm³/mol. The average Bonchev–Trinajstić information content (AvgIpc) is 2.50. The molecule has 0 saturated heterocycles. The number of rotatable bonds is 2. The fraction of sp³-hybridized carbons (Fsp3) is 0.182. The molecule has 0 aliphatic rings. The standard InChI is InChI=1S/C11H10Cl2N2/c1-8(12)5-6-9-11(13)14-10-4-2-3-7-15(9)10/h2-8H,1H3/b6-5+. The van der Waals surface area contributed by atoms with Crippen LogP contribution in [0.2, 0.25) is 5.15 Å². The molecule has 0 aromatic carbocycles. The molecule has 4 heteroatoms. The van der Waals surface area contributed by atoms with Crippen molar-refractivity contribution in [1.82, 2.24) is 9.38 Å². The van der Waals surface area contributed by atoms with Crippen LogP contribution >= 0.6 is 23.2 Å². The molecule has 2 aromatic rings. The second-order valence-corrected chi connectivity index (χ2v) is 4.30. The van der Waals surface area contributed by atoms with Gasteiger partial charge in [-0.2, -0.15) is 0 Å². The molecule has 78 valence electrons. The zero-order valence-electron chi connectivity index (χ0n) is 8.19. The first kappa shape index (κ1) is 10.5. The average molecular weight is 241 g/mol. The Morgan fingerprint density at radius 2 is 2.27 bits per heavy atom. The zero-order chi connectivity index (χ0) is 10.8. The third-order valence-electron chi connectivity index (χ3n) is 2.04. The lowest BCUT2D eigenvalue weighted by atomic mass is 10.3. The van der Waals surface area contributed by atoms with Crippen LogP contribution in [0, 0.1) is 0 Å². The van der Waals surface area contributed by atoms with Crippen molar-refractivity contribution >= 4 is 34.9 Å². The summed E-state index contributed by atoms with van der Waals surface area (Å²) in [5, 5.41) is 0.477. The smallest absolute Gasteiger partial charge is 0.155 e. The number of halogens is 2. The van der Waals surface area contributed by atoms with Gasteiger partial charge in [0.1, 0.15) is 5.65 Å². The van der Waals surface area contributed by atoms with Gasteiger partial charge in [0.05, 0.1) is 5.69 Å². The number of fused-ring (bicyclic) bond motifs is 1. The topological polar surface area (TPSA) is 17.3 Å². The van der Waals surface area contributed by atoms with E-state index >= 15 is 0 Å². The van der Waals surface area contributed by atoms with E-state index in [1.807, 2.05) is 47.9 Å². The van der Waals surface area contributed by atoms with Gasteiger partial charge in [-0.25, -0.2) is 4.98 Å². The van der Waals surface area contributed by atoms with Crippen molar-refractivity contribution in [2.24, 2.45) is 0 Å². The Morgan fingerprint density at radius 1 is 1.47 bits per heavy atom. The lowest BCUT2D eigenvalue weighted by Crippen LogP contribution is -1.87. The van der Waals surface area contributed by atoms with Crippen LogP contribution in [0.4, 0.5) is 0 Å². The Balaban J connectivity index is 2.54. The highest BCUT2D eigenvalue weighted by Gasteiger charge is 2.06. The summed E-state index contributed by atoms with van der Waals surface area (Å²) in [5.41, 5.74) is 1.70. The zero-order valence-corrected chi connectivity index (χ0v) is 9.70. The molecule has 0 spiro atoms. The van der Waals surface area contributed by atoms with Crippen molar-refractivity contribution in [3.8, 4) is 0 Å². The van der Waals surface area contributed by atoms with Gasteiger partial charge in [-0.1, -0.05) is 23.7 Å². The fourth-order valence-corrected chi connectivity index (χ4v) is 1.67. The van der Waals surface area contributed by atoms with Crippen LogP contribution in [0.1, 0.15) is 12.6 Å². The number of nitrogens with zero attached hydrogens (tertiary/aromatic N) is 2. The number of pyridine rings is 1. The van der Waals surface area contributed by atoms with Crippen LogP contribution in [0.25, 0.3) is 11.7 Å². The van der Waals surface area contributed by atoms with E-state index < -0.39 is 0 Å². The molecular formula is C11H10Cl2N2. The Morgan fingerprint density at radius 3 is 3.00 bits per heavy atom. The van der Waals surface area contributed by atoms with Crippen LogP contribution in [-0.2, 0) is 0 Å². The van der Waals surface area contributed by atoms with Crippen molar-refractivity contribution in [2.45, 2.75) is 12.3 Å². The van der Waals surface area contributed by atoms with E-state index in [4.69, 9.17) is 23.2 Å². The highest BCUT2D eigenvalue weighted by Crippen LogP contribution is 2.19. The Hall–Kier alpha value is -0.990. The molecule has 2 nitrogen and oxygen atoms in total. The third-order valence-corrected chi connectivity index (χ3v) is 2.46. The second kappa shape index (κ2) is 4.25. The number of allylic oxidation sites excluding steroid dienone is 1. The predicted octanol–water partition coefficient (Wildman–Crippen LogP) is 3.63. The molecule has 0 N–H and O–H groups in total. The van der Waals surface area contributed by atoms with E-state index in [0.29, 0.717) is 5.15 Å². The Labute approximate surface area is 98.1 Å². The van der Waals surface area contributed by atoms with E-state index in [-0.39, 0.29) is 5.38 Å². The van der Waals surface area contributed by atoms with Gasteiger partial charge in [-0.3, -0.25) is 4.40 Å². The van der Waals surface area contributed by atoms with Gasteiger partial charge in [0.15, 0.2) is 5.15 Å². The van der Waals surface area contributed by atoms with E-state index in [1.165, 1.54) is 0 Å². The van der Waals surface area contributed by atoms with E-state index in [0.717, 1.165) is 11.3 Å². The molecule has 0 aliphatic carbocycles. The molecule has 0 amide bonds. The highest BCUT2D eigenvalue weighted by atomic mass is 35.5. The fourth-order valence-electron chi connectivity index (χ4n) is 1.36. The van der Waals surface area contributed by atoms with Crippen molar-refractivity contribution in [1.29, 1.82) is 0 Å². The second-order valence-electron chi connectivity index (χ2n) is 3.25. The van der Waals surface area contributed by atoms with Crippen LogP contribution < -0.4 is 0 Å². The minimum atomic E-state index is -0.0182. The largest absolute Gasteiger partial charge is 0.299 e. The summed E-state index contributed by atoms with van der Waals surface area (Å²) in [6, 6.07) is 5.77. The van der Waals surface area contributed by atoms with Gasteiger partial charge in [0.2, 0.25) is 0 Å². The Kier molecular flexibility index (Phi) is 2.98. The van der Waals surface area contributed by atoms with Crippen LogP contribution in [-0.4, -0.2) is 14.8 Å². The monoisotopic (exact) mass is 240 g/mol. The molecule has 0 saturated carbocycles. The van der Waals surface area contributed by atoms with E-state index in [9.17, 15) is 0 Å². The number of aromatic nitrogens is 2. The first-order valence-corrected chi connectivity index (χ1v) is 5.45.